The van der Waals surface area contributed by atoms with E-state index in [2.05, 4.69) is 21.2 Å². The molecular formula is C19H19BrClFN2O3. The van der Waals surface area contributed by atoms with Crippen molar-refractivity contribution in [1.29, 1.82) is 0 Å². The van der Waals surface area contributed by atoms with Crippen molar-refractivity contribution in [1.82, 2.24) is 4.90 Å². The molecule has 0 aliphatic heterocycles. The van der Waals surface area contributed by atoms with Gasteiger partial charge in [-0.1, -0.05) is 27.5 Å². The molecule has 0 saturated carbocycles. The SMILES string of the molecule is CCN(CC)C(=O)COc1ccc(NC(=O)c2cc(Br)ccc2F)cc1Cl. The Morgan fingerprint density at radius 2 is 1.89 bits per heavy atom. The molecule has 0 spiro atoms. The van der Waals surface area contributed by atoms with Gasteiger partial charge in [-0.3, -0.25) is 9.59 Å². The molecule has 1 N–H and O–H groups in total. The molecule has 8 heteroatoms. The maximum atomic E-state index is 13.8. The zero-order valence-electron chi connectivity index (χ0n) is 14.9. The van der Waals surface area contributed by atoms with Crippen molar-refractivity contribution in [3.63, 3.8) is 0 Å². The summed E-state index contributed by atoms with van der Waals surface area (Å²) in [5.41, 5.74) is 0.289. The van der Waals surface area contributed by atoms with Crippen LogP contribution >= 0.6 is 27.5 Å². The van der Waals surface area contributed by atoms with Crippen molar-refractivity contribution in [2.75, 3.05) is 25.0 Å². The number of nitrogens with zero attached hydrogens (tertiary/aromatic N) is 1. The van der Waals surface area contributed by atoms with Gasteiger partial charge in [-0.15, -0.1) is 0 Å². The van der Waals surface area contributed by atoms with Crippen molar-refractivity contribution < 1.29 is 18.7 Å². The molecule has 0 aromatic heterocycles. The van der Waals surface area contributed by atoms with Gasteiger partial charge in [-0.2, -0.15) is 0 Å². The molecule has 2 amide bonds. The summed E-state index contributed by atoms with van der Waals surface area (Å²) in [4.78, 5) is 25.9. The van der Waals surface area contributed by atoms with E-state index in [1.165, 1.54) is 24.3 Å². The highest BCUT2D eigenvalue weighted by atomic mass is 79.9. The Balaban J connectivity index is 2.05. The van der Waals surface area contributed by atoms with Gasteiger partial charge in [0.2, 0.25) is 0 Å². The number of amides is 2. The molecule has 144 valence electrons. The highest BCUT2D eigenvalue weighted by Crippen LogP contribution is 2.28. The van der Waals surface area contributed by atoms with Crippen LogP contribution in [0.15, 0.2) is 40.9 Å². The lowest BCUT2D eigenvalue weighted by Crippen LogP contribution is -2.34. The number of nitrogens with one attached hydrogen (secondary N) is 1. The van der Waals surface area contributed by atoms with Crippen LogP contribution in [-0.4, -0.2) is 36.4 Å². The molecule has 0 bridgehead atoms. The summed E-state index contributed by atoms with van der Waals surface area (Å²) in [5.74, 6) is -1.05. The zero-order chi connectivity index (χ0) is 20.0. The summed E-state index contributed by atoms with van der Waals surface area (Å²) in [6, 6.07) is 8.70. The predicted molar refractivity (Wildman–Crippen MR) is 107 cm³/mol. The number of rotatable bonds is 7. The zero-order valence-corrected chi connectivity index (χ0v) is 17.2. The number of benzene rings is 2. The fourth-order valence-corrected chi connectivity index (χ4v) is 2.97. The lowest BCUT2D eigenvalue weighted by atomic mass is 10.2. The summed E-state index contributed by atoms with van der Waals surface area (Å²) in [5, 5.41) is 2.81. The van der Waals surface area contributed by atoms with Crippen LogP contribution in [0.2, 0.25) is 5.02 Å². The van der Waals surface area contributed by atoms with Gasteiger partial charge in [0.05, 0.1) is 10.6 Å². The monoisotopic (exact) mass is 456 g/mol. The molecule has 0 heterocycles. The Morgan fingerprint density at radius 3 is 2.52 bits per heavy atom. The number of hydrogen-bond donors (Lipinski definition) is 1. The van der Waals surface area contributed by atoms with Crippen molar-refractivity contribution in [2.24, 2.45) is 0 Å². The Morgan fingerprint density at radius 1 is 1.19 bits per heavy atom. The topological polar surface area (TPSA) is 58.6 Å². The van der Waals surface area contributed by atoms with E-state index in [0.29, 0.717) is 29.0 Å². The van der Waals surface area contributed by atoms with Gasteiger partial charge in [0.1, 0.15) is 11.6 Å². The average molecular weight is 458 g/mol. The van der Waals surface area contributed by atoms with Crippen LogP contribution in [0.3, 0.4) is 0 Å². The smallest absolute Gasteiger partial charge is 0.260 e. The maximum Gasteiger partial charge on any atom is 0.260 e. The van der Waals surface area contributed by atoms with E-state index >= 15 is 0 Å². The minimum atomic E-state index is -0.628. The second kappa shape index (κ2) is 9.71. The van der Waals surface area contributed by atoms with Gasteiger partial charge >= 0.3 is 0 Å². The number of carbonyl (C=O) groups excluding carboxylic acids is 2. The van der Waals surface area contributed by atoms with Crippen molar-refractivity contribution in [3.8, 4) is 5.75 Å². The third-order valence-corrected chi connectivity index (χ3v) is 4.62. The molecule has 2 aromatic carbocycles. The first-order chi connectivity index (χ1) is 12.8. The van der Waals surface area contributed by atoms with Gasteiger partial charge in [-0.25, -0.2) is 4.39 Å². The molecule has 2 rings (SSSR count). The first kappa shape index (κ1) is 21.2. The van der Waals surface area contributed by atoms with E-state index in [-0.39, 0.29) is 23.1 Å². The van der Waals surface area contributed by atoms with Crippen LogP contribution in [0.4, 0.5) is 10.1 Å². The lowest BCUT2D eigenvalue weighted by Gasteiger charge is -2.19. The minimum absolute atomic E-state index is 0.0920. The molecule has 0 fully saturated rings. The van der Waals surface area contributed by atoms with Crippen molar-refractivity contribution in [3.05, 3.63) is 57.3 Å². The Hall–Kier alpha value is -2.12. The molecule has 2 aromatic rings. The Labute approximate surface area is 170 Å². The highest BCUT2D eigenvalue weighted by molar-refractivity contribution is 9.10. The van der Waals surface area contributed by atoms with Crippen LogP contribution in [0.5, 0.6) is 5.75 Å². The largest absolute Gasteiger partial charge is 0.482 e. The fourth-order valence-electron chi connectivity index (χ4n) is 2.37. The molecule has 0 aliphatic rings. The molecule has 0 radical (unpaired) electrons. The van der Waals surface area contributed by atoms with Gasteiger partial charge < -0.3 is 15.0 Å². The van der Waals surface area contributed by atoms with E-state index in [0.717, 1.165) is 0 Å². The second-order valence-corrected chi connectivity index (χ2v) is 6.90. The van der Waals surface area contributed by atoms with Crippen LogP contribution in [0.25, 0.3) is 0 Å². The molecule has 27 heavy (non-hydrogen) atoms. The summed E-state index contributed by atoms with van der Waals surface area (Å²) in [6.45, 7) is 4.85. The number of likely N-dealkylation sites (N-methyl/N-ethyl adjacent to an activating group) is 1. The van der Waals surface area contributed by atoms with Crippen LogP contribution in [0.1, 0.15) is 24.2 Å². The van der Waals surface area contributed by atoms with Crippen LogP contribution in [-0.2, 0) is 4.79 Å². The molecule has 0 atom stereocenters. The van der Waals surface area contributed by atoms with E-state index in [1.54, 1.807) is 17.0 Å². The predicted octanol–water partition coefficient (Wildman–Crippen LogP) is 4.74. The van der Waals surface area contributed by atoms with Gasteiger partial charge in [0.25, 0.3) is 11.8 Å². The molecule has 0 saturated heterocycles. The highest BCUT2D eigenvalue weighted by Gasteiger charge is 2.15. The van der Waals surface area contributed by atoms with E-state index < -0.39 is 11.7 Å². The minimum Gasteiger partial charge on any atom is -0.482 e. The van der Waals surface area contributed by atoms with Gasteiger partial charge in [0.15, 0.2) is 6.61 Å². The Bertz CT molecular complexity index is 844. The number of halogens is 3. The number of hydrogen-bond acceptors (Lipinski definition) is 3. The third kappa shape index (κ3) is 5.68. The summed E-state index contributed by atoms with van der Waals surface area (Å²) in [6.07, 6.45) is 0. The van der Waals surface area contributed by atoms with E-state index in [9.17, 15) is 14.0 Å². The van der Waals surface area contributed by atoms with Gasteiger partial charge in [0, 0.05) is 23.2 Å². The first-order valence-electron chi connectivity index (χ1n) is 8.32. The van der Waals surface area contributed by atoms with Crippen molar-refractivity contribution >= 4 is 45.0 Å². The fraction of sp³-hybridized carbons (Fsp3) is 0.263. The van der Waals surface area contributed by atoms with Crippen molar-refractivity contribution in [2.45, 2.75) is 13.8 Å². The molecule has 0 unspecified atom stereocenters. The number of carbonyl (C=O) groups is 2. The van der Waals surface area contributed by atoms with Crippen LogP contribution in [0, 0.1) is 5.82 Å². The Kier molecular flexibility index (Phi) is 7.62. The molecule has 0 aliphatic carbocycles. The first-order valence-corrected chi connectivity index (χ1v) is 9.49. The number of anilines is 1. The van der Waals surface area contributed by atoms with Crippen LogP contribution < -0.4 is 10.1 Å². The molecule has 5 nitrogen and oxygen atoms in total. The summed E-state index contributed by atoms with van der Waals surface area (Å²) < 4.78 is 19.9. The summed E-state index contributed by atoms with van der Waals surface area (Å²) >= 11 is 9.37. The maximum absolute atomic E-state index is 13.8. The summed E-state index contributed by atoms with van der Waals surface area (Å²) in [7, 11) is 0. The normalized spacial score (nSPS) is 10.4. The second-order valence-electron chi connectivity index (χ2n) is 5.58. The standard InChI is InChI=1S/C19H19BrClFN2O3/c1-3-24(4-2)18(25)11-27-17-8-6-13(10-15(17)21)23-19(26)14-9-12(20)5-7-16(14)22/h5-10H,3-4,11H2,1-2H3,(H,23,26). The van der Waals surface area contributed by atoms with E-state index in [1.807, 2.05) is 13.8 Å². The van der Waals surface area contributed by atoms with Gasteiger partial charge in [-0.05, 0) is 50.2 Å². The third-order valence-electron chi connectivity index (χ3n) is 3.83. The number of ether oxygens (including phenoxy) is 1. The lowest BCUT2D eigenvalue weighted by molar-refractivity contribution is -0.132. The average Bonchev–Trinajstić information content (AvgIpc) is 2.64. The quantitative estimate of drug-likeness (QED) is 0.653. The van der Waals surface area contributed by atoms with E-state index in [4.69, 9.17) is 16.3 Å². The molecular weight excluding hydrogens is 439 g/mol.